The van der Waals surface area contributed by atoms with E-state index in [1.807, 2.05) is 0 Å². The normalized spacial score (nSPS) is 14.3. The van der Waals surface area contributed by atoms with Crippen molar-refractivity contribution in [3.63, 3.8) is 0 Å². The van der Waals surface area contributed by atoms with Crippen molar-refractivity contribution in [2.75, 3.05) is 0 Å². The maximum atomic E-state index is 2.46. The second-order valence-corrected chi connectivity index (χ2v) is 9.30. The zero-order chi connectivity index (χ0) is 21.6. The molecule has 33 heavy (non-hydrogen) atoms. The number of benzene rings is 6. The topological polar surface area (TPSA) is 0 Å². The summed E-state index contributed by atoms with van der Waals surface area (Å²) >= 11 is 0. The van der Waals surface area contributed by atoms with Crippen molar-refractivity contribution < 1.29 is 0 Å². The molecule has 152 valence electrons. The summed E-state index contributed by atoms with van der Waals surface area (Å²) in [5.74, 6) is 0. The minimum Gasteiger partial charge on any atom is -0.0619 e. The van der Waals surface area contributed by atoms with Crippen molar-refractivity contribution in [3.8, 4) is 22.3 Å². The average Bonchev–Trinajstić information content (AvgIpc) is 3.34. The molecule has 2 aliphatic rings. The quantitative estimate of drug-likeness (QED) is 0.233. The molecule has 0 amide bonds. The third kappa shape index (κ3) is 1.98. The van der Waals surface area contributed by atoms with E-state index in [2.05, 4.69) is 121 Å². The molecule has 0 fully saturated rings. The van der Waals surface area contributed by atoms with Crippen LogP contribution < -0.4 is 0 Å². The largest absolute Gasteiger partial charge is 0.0725 e. The number of hydrogen-bond donors (Lipinski definition) is 0. The van der Waals surface area contributed by atoms with Crippen LogP contribution in [0.5, 0.6) is 0 Å². The van der Waals surface area contributed by atoms with Crippen molar-refractivity contribution >= 4 is 21.5 Å². The van der Waals surface area contributed by atoms with Gasteiger partial charge in [-0.2, -0.15) is 0 Å². The Morgan fingerprint density at radius 2 is 0.939 bits per heavy atom. The molecule has 0 atom stereocenters. The third-order valence-corrected chi connectivity index (χ3v) is 7.84. The van der Waals surface area contributed by atoms with E-state index in [0.717, 1.165) is 0 Å². The zero-order valence-corrected chi connectivity index (χ0v) is 18.0. The fourth-order valence-corrected chi connectivity index (χ4v) is 6.59. The predicted molar refractivity (Wildman–Crippen MR) is 138 cm³/mol. The van der Waals surface area contributed by atoms with E-state index in [0.29, 0.717) is 0 Å². The second kappa shape index (κ2) is 5.99. The fourth-order valence-electron chi connectivity index (χ4n) is 6.59. The van der Waals surface area contributed by atoms with E-state index in [4.69, 9.17) is 0 Å². The van der Waals surface area contributed by atoms with Crippen LogP contribution in [0, 0.1) is 0 Å². The molecule has 0 heteroatoms. The lowest BCUT2D eigenvalue weighted by Gasteiger charge is -2.30. The Morgan fingerprint density at radius 3 is 1.67 bits per heavy atom. The summed E-state index contributed by atoms with van der Waals surface area (Å²) in [5.41, 5.74) is 10.8. The SMILES string of the molecule is c1ccc2c(c1)-c1ccccc1C21c2cc3ccccc3cc2-c2c1ccc1ccccc21. The Labute approximate surface area is 192 Å². The van der Waals surface area contributed by atoms with Gasteiger partial charge in [0.1, 0.15) is 0 Å². The first-order chi connectivity index (χ1) is 16.4. The molecule has 0 saturated heterocycles. The summed E-state index contributed by atoms with van der Waals surface area (Å²) in [7, 11) is 0. The van der Waals surface area contributed by atoms with Crippen LogP contribution >= 0.6 is 0 Å². The third-order valence-electron chi connectivity index (χ3n) is 7.84. The number of hydrogen-bond acceptors (Lipinski definition) is 0. The van der Waals surface area contributed by atoms with Crippen LogP contribution in [0.15, 0.2) is 121 Å². The molecule has 0 nitrogen and oxygen atoms in total. The van der Waals surface area contributed by atoms with E-state index in [1.165, 1.54) is 66.1 Å². The monoisotopic (exact) mass is 416 g/mol. The smallest absolute Gasteiger partial charge is 0.0619 e. The Hall–Kier alpha value is -4.16. The van der Waals surface area contributed by atoms with Gasteiger partial charge in [0, 0.05) is 0 Å². The summed E-state index contributed by atoms with van der Waals surface area (Å²) in [6, 6.07) is 45.2. The van der Waals surface area contributed by atoms with Gasteiger partial charge in [0.25, 0.3) is 0 Å². The molecule has 1 spiro atoms. The lowest BCUT2D eigenvalue weighted by atomic mass is 9.70. The van der Waals surface area contributed by atoms with Crippen molar-refractivity contribution in [3.05, 3.63) is 144 Å². The van der Waals surface area contributed by atoms with Crippen molar-refractivity contribution in [2.45, 2.75) is 5.41 Å². The maximum Gasteiger partial charge on any atom is 0.0725 e. The minimum atomic E-state index is -0.286. The summed E-state index contributed by atoms with van der Waals surface area (Å²) in [6.45, 7) is 0. The predicted octanol–water partition coefficient (Wildman–Crippen LogP) is 8.34. The molecule has 6 aromatic carbocycles. The number of rotatable bonds is 0. The molecule has 0 unspecified atom stereocenters. The van der Waals surface area contributed by atoms with Gasteiger partial charge in [-0.1, -0.05) is 109 Å². The summed E-state index contributed by atoms with van der Waals surface area (Å²) in [4.78, 5) is 0. The highest BCUT2D eigenvalue weighted by Gasteiger charge is 2.51. The molecular weight excluding hydrogens is 396 g/mol. The van der Waals surface area contributed by atoms with Gasteiger partial charge in [0.15, 0.2) is 0 Å². The van der Waals surface area contributed by atoms with Gasteiger partial charge in [-0.05, 0) is 78.2 Å². The molecule has 0 heterocycles. The van der Waals surface area contributed by atoms with Crippen LogP contribution in [-0.2, 0) is 5.41 Å². The Morgan fingerprint density at radius 1 is 0.364 bits per heavy atom. The second-order valence-electron chi connectivity index (χ2n) is 9.30. The van der Waals surface area contributed by atoms with Gasteiger partial charge in [-0.3, -0.25) is 0 Å². The van der Waals surface area contributed by atoms with Crippen molar-refractivity contribution in [1.29, 1.82) is 0 Å². The van der Waals surface area contributed by atoms with Crippen LogP contribution in [0.1, 0.15) is 22.3 Å². The molecular formula is C33H20. The lowest BCUT2D eigenvalue weighted by molar-refractivity contribution is 0.795. The molecule has 0 aromatic heterocycles. The van der Waals surface area contributed by atoms with Gasteiger partial charge < -0.3 is 0 Å². The molecule has 6 aromatic rings. The van der Waals surface area contributed by atoms with Gasteiger partial charge in [0.05, 0.1) is 5.41 Å². The molecule has 2 aliphatic carbocycles. The molecule has 0 radical (unpaired) electrons. The van der Waals surface area contributed by atoms with E-state index < -0.39 is 0 Å². The summed E-state index contributed by atoms with van der Waals surface area (Å²) in [6.07, 6.45) is 0. The first kappa shape index (κ1) is 17.4. The summed E-state index contributed by atoms with van der Waals surface area (Å²) < 4.78 is 0. The van der Waals surface area contributed by atoms with Gasteiger partial charge in [-0.15, -0.1) is 0 Å². The molecule has 8 rings (SSSR count). The fraction of sp³-hybridized carbons (Fsp3) is 0.0303. The highest BCUT2D eigenvalue weighted by molar-refractivity contribution is 6.08. The zero-order valence-electron chi connectivity index (χ0n) is 18.0. The van der Waals surface area contributed by atoms with Crippen LogP contribution in [0.25, 0.3) is 43.8 Å². The van der Waals surface area contributed by atoms with Gasteiger partial charge in [-0.25, -0.2) is 0 Å². The summed E-state index contributed by atoms with van der Waals surface area (Å²) in [5, 5.41) is 5.23. The highest BCUT2D eigenvalue weighted by Crippen LogP contribution is 2.64. The molecule has 0 N–H and O–H groups in total. The van der Waals surface area contributed by atoms with Crippen molar-refractivity contribution in [2.24, 2.45) is 0 Å². The Bertz CT molecular complexity index is 1720. The van der Waals surface area contributed by atoms with E-state index in [9.17, 15) is 0 Å². The number of fused-ring (bicyclic) bond motifs is 13. The Kier molecular flexibility index (Phi) is 3.16. The standard InChI is InChI=1S/C33H20/c1-2-11-23-20-31-27(19-22(23)10-1)32-24-12-4-3-9-21(24)17-18-30(32)33(31)28-15-7-5-13-25(28)26-14-6-8-16-29(26)33/h1-20H. The lowest BCUT2D eigenvalue weighted by Crippen LogP contribution is -2.25. The van der Waals surface area contributed by atoms with E-state index in [1.54, 1.807) is 0 Å². The van der Waals surface area contributed by atoms with Gasteiger partial charge in [0.2, 0.25) is 0 Å². The first-order valence-corrected chi connectivity index (χ1v) is 11.6. The molecule has 0 saturated carbocycles. The highest BCUT2D eigenvalue weighted by atomic mass is 14.5. The Balaban J connectivity index is 1.65. The molecule has 0 bridgehead atoms. The van der Waals surface area contributed by atoms with E-state index >= 15 is 0 Å². The van der Waals surface area contributed by atoms with Crippen LogP contribution in [0.3, 0.4) is 0 Å². The van der Waals surface area contributed by atoms with Crippen LogP contribution in [-0.4, -0.2) is 0 Å². The molecule has 0 aliphatic heterocycles. The maximum absolute atomic E-state index is 2.46. The van der Waals surface area contributed by atoms with Crippen LogP contribution in [0.4, 0.5) is 0 Å². The van der Waals surface area contributed by atoms with Crippen molar-refractivity contribution in [1.82, 2.24) is 0 Å². The minimum absolute atomic E-state index is 0.286. The van der Waals surface area contributed by atoms with Crippen LogP contribution in [0.2, 0.25) is 0 Å². The first-order valence-electron chi connectivity index (χ1n) is 11.6. The average molecular weight is 417 g/mol. The van der Waals surface area contributed by atoms with E-state index in [-0.39, 0.29) is 5.41 Å². The van der Waals surface area contributed by atoms with Gasteiger partial charge >= 0.3 is 0 Å².